The van der Waals surface area contributed by atoms with Crippen molar-refractivity contribution < 1.29 is 19.8 Å². The van der Waals surface area contributed by atoms with Crippen LogP contribution >= 0.6 is 0 Å². The number of aliphatic carboxylic acids is 2. The number of hydrogen-bond donors (Lipinski definition) is 2. The van der Waals surface area contributed by atoms with Crippen LogP contribution < -0.4 is 0 Å². The van der Waals surface area contributed by atoms with Crippen LogP contribution in [0.1, 0.15) is 27.7 Å². The van der Waals surface area contributed by atoms with E-state index < -0.39 is 11.9 Å². The van der Waals surface area contributed by atoms with E-state index >= 15 is 0 Å². The average molecular weight is 385 g/mol. The Bertz CT molecular complexity index is 103. The number of rotatable bonds is 2. The Morgan fingerprint density at radius 2 is 1.15 bits per heavy atom. The molecule has 0 aromatic carbocycles. The second-order valence-corrected chi connectivity index (χ2v) is 9.44. The molecule has 0 saturated carbocycles. The standard InChI is InChI=1S/2C2H4O2.2C2H5.Pb/c2*1-2(3)4;2*1-2;/h2*1H3,(H,3,4);2*1H2,2H3;. The Morgan fingerprint density at radius 3 is 1.15 bits per heavy atom. The molecule has 0 heterocycles. The first-order valence-electron chi connectivity index (χ1n) is 3.98. The van der Waals surface area contributed by atoms with Gasteiger partial charge in [0.2, 0.25) is 0 Å². The molecule has 0 saturated heterocycles. The molecular weight excluding hydrogens is 367 g/mol. The summed E-state index contributed by atoms with van der Waals surface area (Å²) >= 11 is 0.0494. The Kier molecular flexibility index (Phi) is 25.5. The molecule has 0 unspecified atom stereocenters. The quantitative estimate of drug-likeness (QED) is 0.711. The van der Waals surface area contributed by atoms with Gasteiger partial charge in [0.15, 0.2) is 0 Å². The third-order valence-electron chi connectivity index (χ3n) is 0.500. The molecule has 0 atom stereocenters. The van der Waals surface area contributed by atoms with E-state index in [1.807, 2.05) is 0 Å². The van der Waals surface area contributed by atoms with Crippen molar-refractivity contribution in [3.8, 4) is 0 Å². The number of carboxylic acid groups (broad SMARTS) is 2. The summed E-state index contributed by atoms with van der Waals surface area (Å²) in [4.78, 5) is 18.0. The maximum atomic E-state index is 9.00. The molecule has 0 fully saturated rings. The molecule has 2 N–H and O–H groups in total. The second kappa shape index (κ2) is 17.8. The Balaban J connectivity index is -0.000000117. The van der Waals surface area contributed by atoms with Gasteiger partial charge >= 0.3 is 46.0 Å². The van der Waals surface area contributed by atoms with E-state index in [0.29, 0.717) is 0 Å². The molecule has 4 nitrogen and oxygen atoms in total. The van der Waals surface area contributed by atoms with Gasteiger partial charge in [0, 0.05) is 13.8 Å². The van der Waals surface area contributed by atoms with Crippen molar-refractivity contribution in [3.05, 3.63) is 0 Å². The number of carboxylic acids is 2. The molecule has 0 spiro atoms. The molecule has 0 aromatic rings. The van der Waals surface area contributed by atoms with Crippen LogP contribution in [0.15, 0.2) is 0 Å². The minimum atomic E-state index is -0.833. The maximum absolute atomic E-state index is 9.00. The summed E-state index contributed by atoms with van der Waals surface area (Å²) in [5, 5.41) is 14.8. The summed E-state index contributed by atoms with van der Waals surface area (Å²) in [6.07, 6.45) is 0. The van der Waals surface area contributed by atoms with Gasteiger partial charge in [-0.25, -0.2) is 0 Å². The number of hydrogen-bond acceptors (Lipinski definition) is 2. The normalized spacial score (nSPS) is 7.08. The molecule has 0 bridgehead atoms. The molecule has 0 aliphatic rings. The van der Waals surface area contributed by atoms with Gasteiger partial charge in [0.1, 0.15) is 0 Å². The van der Waals surface area contributed by atoms with Gasteiger partial charge in [-0.3, -0.25) is 9.59 Å². The topological polar surface area (TPSA) is 74.6 Å². The van der Waals surface area contributed by atoms with Gasteiger partial charge in [0.25, 0.3) is 11.9 Å². The molecule has 78 valence electrons. The first kappa shape index (κ1) is 18.6. The van der Waals surface area contributed by atoms with Crippen LogP contribution in [-0.4, -0.2) is 46.4 Å². The molecule has 0 aliphatic carbocycles. The summed E-state index contributed by atoms with van der Waals surface area (Å²) < 4.78 is 3.08. The molecular formula is C8H18O4Pb. The SMILES string of the molecule is CC(=O)O.CC(=O)O.C[CH2][Pb][CH2]C. The Labute approximate surface area is 91.6 Å². The van der Waals surface area contributed by atoms with E-state index in [9.17, 15) is 0 Å². The monoisotopic (exact) mass is 386 g/mol. The van der Waals surface area contributed by atoms with E-state index in [-0.39, 0.29) is 24.2 Å². The van der Waals surface area contributed by atoms with Crippen LogP contribution in [0, 0.1) is 0 Å². The number of carbonyl (C=O) groups is 2. The summed E-state index contributed by atoms with van der Waals surface area (Å²) in [5.74, 6) is -1.67. The van der Waals surface area contributed by atoms with Crippen LogP contribution in [0.4, 0.5) is 0 Å². The zero-order valence-electron chi connectivity index (χ0n) is 8.63. The van der Waals surface area contributed by atoms with E-state index in [4.69, 9.17) is 19.8 Å². The van der Waals surface area contributed by atoms with Crippen molar-refractivity contribution in [1.29, 1.82) is 0 Å². The van der Waals surface area contributed by atoms with Gasteiger partial charge in [-0.1, -0.05) is 0 Å². The molecule has 0 rings (SSSR count). The van der Waals surface area contributed by atoms with Crippen molar-refractivity contribution in [2.45, 2.75) is 35.7 Å². The van der Waals surface area contributed by atoms with E-state index in [0.717, 1.165) is 13.8 Å². The van der Waals surface area contributed by atoms with E-state index in [1.165, 1.54) is 7.96 Å². The third kappa shape index (κ3) is 333. The molecule has 0 aliphatic heterocycles. The van der Waals surface area contributed by atoms with Gasteiger partial charge in [-0.05, 0) is 0 Å². The fourth-order valence-corrected chi connectivity index (χ4v) is 2.19. The van der Waals surface area contributed by atoms with Crippen LogP contribution in [0.2, 0.25) is 7.96 Å². The van der Waals surface area contributed by atoms with Crippen molar-refractivity contribution in [3.63, 3.8) is 0 Å². The van der Waals surface area contributed by atoms with Gasteiger partial charge in [-0.15, -0.1) is 0 Å². The summed E-state index contributed by atoms with van der Waals surface area (Å²) in [7, 11) is 0. The zero-order valence-corrected chi connectivity index (χ0v) is 12.5. The predicted molar refractivity (Wildman–Crippen MR) is 53.3 cm³/mol. The van der Waals surface area contributed by atoms with Crippen molar-refractivity contribution in [1.82, 2.24) is 0 Å². The van der Waals surface area contributed by atoms with Gasteiger partial charge in [0.05, 0.1) is 0 Å². The fourth-order valence-electron chi connectivity index (χ4n) is 0.250. The average Bonchev–Trinajstić information content (AvgIpc) is 1.86. The first-order chi connectivity index (χ1) is 5.88. The molecule has 5 heteroatoms. The minimum absolute atomic E-state index is 0.0494. The fraction of sp³-hybridized carbons (Fsp3) is 0.750. The van der Waals surface area contributed by atoms with Crippen LogP contribution in [-0.2, 0) is 9.59 Å². The molecule has 13 heavy (non-hydrogen) atoms. The van der Waals surface area contributed by atoms with E-state index in [1.54, 1.807) is 0 Å². The Hall–Kier alpha value is -0.138. The van der Waals surface area contributed by atoms with E-state index in [2.05, 4.69) is 13.8 Å². The van der Waals surface area contributed by atoms with Crippen LogP contribution in [0.3, 0.4) is 0 Å². The first-order valence-corrected chi connectivity index (χ1v) is 9.47. The third-order valence-corrected chi connectivity index (χ3v) is 4.39. The predicted octanol–water partition coefficient (Wildman–Crippen LogP) is 1.75. The molecule has 0 amide bonds. The molecule has 0 aromatic heterocycles. The summed E-state index contributed by atoms with van der Waals surface area (Å²) in [5.41, 5.74) is 0. The van der Waals surface area contributed by atoms with Crippen molar-refractivity contribution >= 4 is 36.2 Å². The summed E-state index contributed by atoms with van der Waals surface area (Å²) in [6.45, 7) is 6.76. The second-order valence-electron chi connectivity index (χ2n) is 2.00. The van der Waals surface area contributed by atoms with Crippen molar-refractivity contribution in [2.24, 2.45) is 0 Å². The van der Waals surface area contributed by atoms with Gasteiger partial charge in [-0.2, -0.15) is 0 Å². The van der Waals surface area contributed by atoms with Crippen LogP contribution in [0.25, 0.3) is 0 Å². The molecule has 2 radical (unpaired) electrons. The van der Waals surface area contributed by atoms with Crippen LogP contribution in [0.5, 0.6) is 0 Å². The Morgan fingerprint density at radius 1 is 1.00 bits per heavy atom. The zero-order chi connectivity index (χ0) is 11.3. The van der Waals surface area contributed by atoms with Crippen molar-refractivity contribution in [2.75, 3.05) is 0 Å². The van der Waals surface area contributed by atoms with Gasteiger partial charge < -0.3 is 10.2 Å². The summed E-state index contributed by atoms with van der Waals surface area (Å²) in [6, 6.07) is 0.